The van der Waals surface area contributed by atoms with E-state index in [9.17, 15) is 19.0 Å². The van der Waals surface area contributed by atoms with Crippen LogP contribution in [0.3, 0.4) is 0 Å². The fourth-order valence-corrected chi connectivity index (χ4v) is 5.55. The Bertz CT molecular complexity index is 1240. The normalized spacial score (nSPS) is 13.5. The van der Waals surface area contributed by atoms with Gasteiger partial charge in [-0.25, -0.2) is 14.2 Å². The molecule has 2 unspecified atom stereocenters. The van der Waals surface area contributed by atoms with E-state index in [0.29, 0.717) is 60.7 Å². The fourth-order valence-electron chi connectivity index (χ4n) is 4.00. The van der Waals surface area contributed by atoms with E-state index in [2.05, 4.69) is 0 Å². The van der Waals surface area contributed by atoms with E-state index in [0.717, 1.165) is 11.4 Å². The maximum atomic E-state index is 13.1. The zero-order valence-corrected chi connectivity index (χ0v) is 30.2. The van der Waals surface area contributed by atoms with Crippen molar-refractivity contribution in [2.45, 2.75) is 6.10 Å². The highest BCUT2D eigenvalue weighted by atomic mass is 35.5. The molecule has 11 nitrogen and oxygen atoms in total. The molecule has 0 spiro atoms. The van der Waals surface area contributed by atoms with Crippen LogP contribution in [0.4, 0.5) is 11.4 Å². The number of nitrogens with zero attached hydrogens (tertiary/aromatic N) is 3. The van der Waals surface area contributed by atoms with Crippen molar-refractivity contribution in [3.63, 3.8) is 0 Å². The molecule has 1 N–H and O–H groups in total. The van der Waals surface area contributed by atoms with Crippen LogP contribution >= 0.6 is 54.2 Å². The molecule has 0 aromatic heterocycles. The van der Waals surface area contributed by atoms with Gasteiger partial charge in [0.15, 0.2) is 6.10 Å². The maximum absolute atomic E-state index is 13.1. The highest BCUT2D eigenvalue weighted by Gasteiger charge is 2.27. The molecule has 0 aliphatic carbocycles. The first-order valence-electron chi connectivity index (χ1n) is 14.6. The number of ether oxygens (including phenoxy) is 2. The third-order valence-corrected chi connectivity index (χ3v) is 8.13. The zero-order valence-electron chi connectivity index (χ0n) is 26.3. The largest absolute Gasteiger partial charge is 0.472 e. The summed E-state index contributed by atoms with van der Waals surface area (Å²) in [6.45, 7) is 1.69. The third kappa shape index (κ3) is 15.0. The van der Waals surface area contributed by atoms with Gasteiger partial charge in [0.05, 0.1) is 38.9 Å². The Kier molecular flexibility index (Phi) is 18.0. The van der Waals surface area contributed by atoms with Gasteiger partial charge in [-0.3, -0.25) is 9.05 Å². The molecule has 258 valence electrons. The molecule has 0 bridgehead atoms. The molecule has 0 aliphatic rings. The number of likely N-dealkylation sites (N-methyl/N-ethyl adjacent to an activating group) is 1. The van der Waals surface area contributed by atoms with Crippen LogP contribution in [-0.2, 0) is 23.1 Å². The van der Waals surface area contributed by atoms with Crippen LogP contribution in [0.15, 0.2) is 48.5 Å². The molecule has 0 aliphatic heterocycles. The van der Waals surface area contributed by atoms with Crippen LogP contribution in [0.2, 0.25) is 0 Å². The second kappa shape index (κ2) is 20.5. The highest BCUT2D eigenvalue weighted by Crippen LogP contribution is 2.43. The lowest BCUT2D eigenvalue weighted by Crippen LogP contribution is -2.37. The van der Waals surface area contributed by atoms with E-state index < -0.39 is 39.1 Å². The molecule has 0 saturated heterocycles. The van der Waals surface area contributed by atoms with E-state index in [1.54, 1.807) is 48.5 Å². The third-order valence-electron chi connectivity index (χ3n) is 6.47. The molecule has 46 heavy (non-hydrogen) atoms. The summed E-state index contributed by atoms with van der Waals surface area (Å²) in [6.07, 6.45) is -1.23. The summed E-state index contributed by atoms with van der Waals surface area (Å²) in [5.74, 6) is 0.186. The van der Waals surface area contributed by atoms with Gasteiger partial charge in [0, 0.05) is 61.1 Å². The average Bonchev–Trinajstić information content (AvgIpc) is 3.01. The van der Waals surface area contributed by atoms with Crippen LogP contribution in [-0.4, -0.2) is 125 Å². The zero-order chi connectivity index (χ0) is 34.2. The first-order valence-corrected chi connectivity index (χ1v) is 18.2. The molecular formula is C30H43Cl4N3O8P+. The molecule has 2 rings (SSSR count). The molecule has 0 saturated carbocycles. The van der Waals surface area contributed by atoms with Crippen molar-refractivity contribution in [2.24, 2.45) is 0 Å². The molecule has 2 aromatic carbocycles. The standard InChI is InChI=1S/C30H42Cl4N3O8P/c1-37(2,3)20-21-43-46(40,41)44-23-28(45-30(39)25-6-10-27(11-7-25)36(18-14-33)19-15-34)22-42-29(38)24-4-8-26(9-5-24)35(16-12-31)17-13-32/h4-11,28H,12-23H2,1-3H3/p+1. The lowest BCUT2D eigenvalue weighted by molar-refractivity contribution is -0.870. The minimum Gasteiger partial charge on any atom is -0.458 e. The molecule has 2 aromatic rings. The Hall–Kier alpha value is -1.79. The minimum absolute atomic E-state index is 0.0449. The number of rotatable bonds is 22. The summed E-state index contributed by atoms with van der Waals surface area (Å²) in [6, 6.07) is 13.3. The van der Waals surface area contributed by atoms with E-state index in [-0.39, 0.29) is 17.7 Å². The quantitative estimate of drug-likeness (QED) is 0.0720. The number of carbonyl (C=O) groups excluding carboxylic acids is 2. The Morgan fingerprint density at radius 1 is 0.739 bits per heavy atom. The highest BCUT2D eigenvalue weighted by molar-refractivity contribution is 7.47. The van der Waals surface area contributed by atoms with E-state index in [1.165, 1.54) is 0 Å². The van der Waals surface area contributed by atoms with Gasteiger partial charge in [-0.15, -0.1) is 46.4 Å². The monoisotopic (exact) mass is 744 g/mol. The average molecular weight is 746 g/mol. The second-order valence-electron chi connectivity index (χ2n) is 11.1. The predicted molar refractivity (Wildman–Crippen MR) is 184 cm³/mol. The Balaban J connectivity index is 2.14. The van der Waals surface area contributed by atoms with Gasteiger partial charge >= 0.3 is 19.8 Å². The second-order valence-corrected chi connectivity index (χ2v) is 14.0. The number of alkyl halides is 4. The van der Waals surface area contributed by atoms with Crippen LogP contribution < -0.4 is 9.80 Å². The number of phosphoric ester groups is 1. The van der Waals surface area contributed by atoms with Crippen molar-refractivity contribution >= 4 is 77.5 Å². The summed E-state index contributed by atoms with van der Waals surface area (Å²) < 4.78 is 34.2. The SMILES string of the molecule is C[N+](C)(C)CCOP(=O)(O)OCC(COC(=O)c1ccc(N(CCCl)CCCl)cc1)OC(=O)c1ccc(N(CCCl)CCCl)cc1. The van der Waals surface area contributed by atoms with Gasteiger partial charge in [0.2, 0.25) is 0 Å². The van der Waals surface area contributed by atoms with Crippen LogP contribution in [0.5, 0.6) is 0 Å². The number of phosphoric acid groups is 1. The van der Waals surface area contributed by atoms with Gasteiger partial charge < -0.3 is 28.6 Å². The number of esters is 2. The summed E-state index contributed by atoms with van der Waals surface area (Å²) in [4.78, 5) is 40.1. The number of anilines is 2. The first-order chi connectivity index (χ1) is 21.8. The number of carbonyl (C=O) groups is 2. The number of quaternary nitrogens is 1. The molecule has 0 radical (unpaired) electrons. The lowest BCUT2D eigenvalue weighted by atomic mass is 10.2. The predicted octanol–water partition coefficient (Wildman–Crippen LogP) is 5.48. The van der Waals surface area contributed by atoms with Gasteiger partial charge in [-0.1, -0.05) is 0 Å². The minimum atomic E-state index is -4.50. The Morgan fingerprint density at radius 2 is 1.17 bits per heavy atom. The smallest absolute Gasteiger partial charge is 0.458 e. The summed E-state index contributed by atoms with van der Waals surface area (Å²) in [5, 5.41) is 0. The molecule has 0 heterocycles. The van der Waals surface area contributed by atoms with Crippen molar-refractivity contribution in [1.82, 2.24) is 0 Å². The fraction of sp³-hybridized carbons (Fsp3) is 0.533. The molecule has 0 amide bonds. The number of benzene rings is 2. The van der Waals surface area contributed by atoms with Crippen molar-refractivity contribution < 1.29 is 42.1 Å². The van der Waals surface area contributed by atoms with Crippen LogP contribution in [0.25, 0.3) is 0 Å². The van der Waals surface area contributed by atoms with Crippen LogP contribution in [0, 0.1) is 0 Å². The number of hydrogen-bond donors (Lipinski definition) is 1. The Morgan fingerprint density at radius 3 is 1.59 bits per heavy atom. The van der Waals surface area contributed by atoms with Gasteiger partial charge in [-0.2, -0.15) is 0 Å². The van der Waals surface area contributed by atoms with Crippen molar-refractivity contribution in [3.8, 4) is 0 Å². The first kappa shape index (κ1) is 40.4. The topological polar surface area (TPSA) is 115 Å². The maximum Gasteiger partial charge on any atom is 0.472 e. The Labute approximate surface area is 291 Å². The number of hydrogen-bond acceptors (Lipinski definition) is 9. The lowest BCUT2D eigenvalue weighted by Gasteiger charge is -2.24. The molecular weight excluding hydrogens is 703 g/mol. The number of halogens is 4. The van der Waals surface area contributed by atoms with E-state index >= 15 is 0 Å². The van der Waals surface area contributed by atoms with E-state index in [1.807, 2.05) is 30.9 Å². The molecule has 16 heteroatoms. The summed E-state index contributed by atoms with van der Waals surface area (Å²) >= 11 is 23.6. The van der Waals surface area contributed by atoms with Crippen molar-refractivity contribution in [2.75, 3.05) is 107 Å². The van der Waals surface area contributed by atoms with Crippen LogP contribution in [0.1, 0.15) is 20.7 Å². The summed E-state index contributed by atoms with van der Waals surface area (Å²) in [5.41, 5.74) is 2.11. The molecule has 0 fully saturated rings. The van der Waals surface area contributed by atoms with Gasteiger partial charge in [0.1, 0.15) is 19.8 Å². The van der Waals surface area contributed by atoms with Gasteiger partial charge in [-0.05, 0) is 48.5 Å². The molecule has 2 atom stereocenters. The van der Waals surface area contributed by atoms with E-state index in [4.69, 9.17) is 64.9 Å². The van der Waals surface area contributed by atoms with Gasteiger partial charge in [0.25, 0.3) is 0 Å². The summed E-state index contributed by atoms with van der Waals surface area (Å²) in [7, 11) is 1.20. The van der Waals surface area contributed by atoms with Crippen molar-refractivity contribution in [1.29, 1.82) is 0 Å². The van der Waals surface area contributed by atoms with Crippen molar-refractivity contribution in [3.05, 3.63) is 59.7 Å².